The number of halogens is 3. The van der Waals surface area contributed by atoms with Crippen LogP contribution in [0.5, 0.6) is 0 Å². The first-order valence-corrected chi connectivity index (χ1v) is 6.82. The van der Waals surface area contributed by atoms with Gasteiger partial charge in [0.15, 0.2) is 0 Å². The second-order valence-corrected chi connectivity index (χ2v) is 5.15. The third-order valence-corrected chi connectivity index (χ3v) is 3.76. The van der Waals surface area contributed by atoms with Gasteiger partial charge in [-0.3, -0.25) is 4.90 Å². The van der Waals surface area contributed by atoms with Crippen molar-refractivity contribution >= 4 is 5.69 Å². The standard InChI is InChI=1S/C14H20F3N3/c1-2-12-8-19-5-6-20(12)9-10-3-4-11(18)7-13(10)14(15,16)17/h3-4,7,12,19H,2,5-6,8-9,18H2,1H3. The van der Waals surface area contributed by atoms with Gasteiger partial charge in [-0.25, -0.2) is 0 Å². The summed E-state index contributed by atoms with van der Waals surface area (Å²) in [5.41, 5.74) is 5.31. The largest absolute Gasteiger partial charge is 0.416 e. The zero-order chi connectivity index (χ0) is 14.8. The second kappa shape index (κ2) is 6.01. The number of rotatable bonds is 3. The second-order valence-electron chi connectivity index (χ2n) is 5.15. The molecule has 20 heavy (non-hydrogen) atoms. The van der Waals surface area contributed by atoms with E-state index in [9.17, 15) is 13.2 Å². The SMILES string of the molecule is CCC1CNCCN1Cc1ccc(N)cc1C(F)(F)F. The summed E-state index contributed by atoms with van der Waals surface area (Å²) < 4.78 is 39.2. The molecule has 1 fully saturated rings. The first-order chi connectivity index (χ1) is 9.41. The predicted octanol–water partition coefficient (Wildman–Crippen LogP) is 2.47. The first kappa shape index (κ1) is 15.1. The van der Waals surface area contributed by atoms with Crippen molar-refractivity contribution in [3.63, 3.8) is 0 Å². The van der Waals surface area contributed by atoms with Gasteiger partial charge in [0.25, 0.3) is 0 Å². The lowest BCUT2D eigenvalue weighted by atomic mass is 10.0. The molecule has 1 saturated heterocycles. The van der Waals surface area contributed by atoms with Gasteiger partial charge in [-0.05, 0) is 24.1 Å². The van der Waals surface area contributed by atoms with E-state index in [0.29, 0.717) is 12.1 Å². The number of nitrogens with one attached hydrogen (secondary N) is 1. The highest BCUT2D eigenvalue weighted by molar-refractivity contribution is 5.46. The topological polar surface area (TPSA) is 41.3 Å². The van der Waals surface area contributed by atoms with Crippen LogP contribution in [0.4, 0.5) is 18.9 Å². The van der Waals surface area contributed by atoms with E-state index in [-0.39, 0.29) is 11.7 Å². The van der Waals surface area contributed by atoms with E-state index in [2.05, 4.69) is 17.1 Å². The fourth-order valence-corrected chi connectivity index (χ4v) is 2.63. The van der Waals surface area contributed by atoms with Gasteiger partial charge in [0.1, 0.15) is 0 Å². The Morgan fingerprint density at radius 1 is 1.40 bits per heavy atom. The summed E-state index contributed by atoms with van der Waals surface area (Å²) in [6, 6.07) is 4.33. The van der Waals surface area contributed by atoms with Crippen molar-refractivity contribution in [1.82, 2.24) is 10.2 Å². The highest BCUT2D eigenvalue weighted by Crippen LogP contribution is 2.34. The van der Waals surface area contributed by atoms with Crippen molar-refractivity contribution in [1.29, 1.82) is 0 Å². The highest BCUT2D eigenvalue weighted by atomic mass is 19.4. The van der Waals surface area contributed by atoms with Crippen molar-refractivity contribution in [2.24, 2.45) is 0 Å². The molecule has 0 aliphatic carbocycles. The number of alkyl halides is 3. The van der Waals surface area contributed by atoms with E-state index in [0.717, 1.165) is 32.1 Å². The number of hydrogen-bond acceptors (Lipinski definition) is 3. The van der Waals surface area contributed by atoms with Crippen LogP contribution < -0.4 is 11.1 Å². The number of nitrogens with two attached hydrogens (primary N) is 1. The van der Waals surface area contributed by atoms with Crippen molar-refractivity contribution in [3.05, 3.63) is 29.3 Å². The number of hydrogen-bond donors (Lipinski definition) is 2. The summed E-state index contributed by atoms with van der Waals surface area (Å²) in [6.45, 7) is 4.77. The van der Waals surface area contributed by atoms with Gasteiger partial charge in [-0.2, -0.15) is 13.2 Å². The van der Waals surface area contributed by atoms with Crippen LogP contribution >= 0.6 is 0 Å². The monoisotopic (exact) mass is 287 g/mol. The number of piperazine rings is 1. The average Bonchev–Trinajstić information content (AvgIpc) is 2.40. The highest BCUT2D eigenvalue weighted by Gasteiger charge is 2.34. The van der Waals surface area contributed by atoms with Crippen molar-refractivity contribution < 1.29 is 13.2 Å². The lowest BCUT2D eigenvalue weighted by molar-refractivity contribution is -0.138. The molecule has 0 bridgehead atoms. The Kier molecular flexibility index (Phi) is 4.55. The minimum absolute atomic E-state index is 0.147. The Morgan fingerprint density at radius 3 is 2.80 bits per heavy atom. The van der Waals surface area contributed by atoms with E-state index in [4.69, 9.17) is 5.73 Å². The fraction of sp³-hybridized carbons (Fsp3) is 0.571. The zero-order valence-electron chi connectivity index (χ0n) is 11.5. The summed E-state index contributed by atoms with van der Waals surface area (Å²) in [5.74, 6) is 0. The van der Waals surface area contributed by atoms with Gasteiger partial charge < -0.3 is 11.1 Å². The molecule has 1 atom stereocenters. The molecule has 1 aromatic rings. The van der Waals surface area contributed by atoms with Crippen LogP contribution in [0.15, 0.2) is 18.2 Å². The lowest BCUT2D eigenvalue weighted by Gasteiger charge is -2.36. The third kappa shape index (κ3) is 3.43. The zero-order valence-corrected chi connectivity index (χ0v) is 11.5. The van der Waals surface area contributed by atoms with Crippen LogP contribution in [-0.2, 0) is 12.7 Å². The molecule has 0 amide bonds. The first-order valence-electron chi connectivity index (χ1n) is 6.82. The molecule has 0 saturated carbocycles. The summed E-state index contributed by atoms with van der Waals surface area (Å²) in [4.78, 5) is 2.11. The molecular formula is C14H20F3N3. The number of nitrogen functional groups attached to an aromatic ring is 1. The van der Waals surface area contributed by atoms with Crippen LogP contribution in [0.25, 0.3) is 0 Å². The molecule has 3 N–H and O–H groups in total. The minimum atomic E-state index is -4.36. The summed E-state index contributed by atoms with van der Waals surface area (Å²) in [5, 5.41) is 3.27. The van der Waals surface area contributed by atoms with Gasteiger partial charge in [-0.1, -0.05) is 13.0 Å². The summed E-state index contributed by atoms with van der Waals surface area (Å²) in [6.07, 6.45) is -3.44. The molecule has 0 radical (unpaired) electrons. The summed E-state index contributed by atoms with van der Waals surface area (Å²) in [7, 11) is 0. The molecule has 6 heteroatoms. The van der Waals surface area contributed by atoms with E-state index < -0.39 is 11.7 Å². The Labute approximate surface area is 116 Å². The average molecular weight is 287 g/mol. The van der Waals surface area contributed by atoms with Crippen LogP contribution in [-0.4, -0.2) is 30.6 Å². The van der Waals surface area contributed by atoms with Gasteiger partial charge >= 0.3 is 6.18 Å². The molecule has 1 aromatic carbocycles. The molecule has 1 aliphatic rings. The van der Waals surface area contributed by atoms with Gasteiger partial charge in [-0.15, -0.1) is 0 Å². The molecule has 0 spiro atoms. The number of benzene rings is 1. The van der Waals surface area contributed by atoms with E-state index in [1.54, 1.807) is 0 Å². The quantitative estimate of drug-likeness (QED) is 0.839. The van der Waals surface area contributed by atoms with Gasteiger partial charge in [0.2, 0.25) is 0 Å². The van der Waals surface area contributed by atoms with Crippen molar-refractivity contribution in [2.75, 3.05) is 25.4 Å². The molecular weight excluding hydrogens is 267 g/mol. The van der Waals surface area contributed by atoms with Gasteiger partial charge in [0, 0.05) is 37.9 Å². The lowest BCUT2D eigenvalue weighted by Crippen LogP contribution is -2.50. The van der Waals surface area contributed by atoms with Crippen LogP contribution in [0.1, 0.15) is 24.5 Å². The smallest absolute Gasteiger partial charge is 0.399 e. The van der Waals surface area contributed by atoms with Gasteiger partial charge in [0.05, 0.1) is 5.56 Å². The number of anilines is 1. The molecule has 1 heterocycles. The maximum absolute atomic E-state index is 13.1. The fourth-order valence-electron chi connectivity index (χ4n) is 2.63. The molecule has 3 nitrogen and oxygen atoms in total. The summed E-state index contributed by atoms with van der Waals surface area (Å²) >= 11 is 0. The Morgan fingerprint density at radius 2 is 2.15 bits per heavy atom. The van der Waals surface area contributed by atoms with Crippen molar-refractivity contribution in [2.45, 2.75) is 32.1 Å². The van der Waals surface area contributed by atoms with Crippen LogP contribution in [0, 0.1) is 0 Å². The Bertz CT molecular complexity index is 459. The molecule has 1 unspecified atom stereocenters. The Hall–Kier alpha value is -1.27. The normalized spacial score (nSPS) is 21.1. The minimum Gasteiger partial charge on any atom is -0.399 e. The Balaban J connectivity index is 2.24. The predicted molar refractivity (Wildman–Crippen MR) is 73.2 cm³/mol. The molecule has 1 aliphatic heterocycles. The maximum atomic E-state index is 13.1. The van der Waals surface area contributed by atoms with Crippen LogP contribution in [0.2, 0.25) is 0 Å². The third-order valence-electron chi connectivity index (χ3n) is 3.76. The molecule has 2 rings (SSSR count). The number of nitrogens with zero attached hydrogens (tertiary/aromatic N) is 1. The molecule has 0 aromatic heterocycles. The van der Waals surface area contributed by atoms with Crippen LogP contribution in [0.3, 0.4) is 0 Å². The molecule has 112 valence electrons. The van der Waals surface area contributed by atoms with E-state index >= 15 is 0 Å². The van der Waals surface area contributed by atoms with Crippen molar-refractivity contribution in [3.8, 4) is 0 Å². The van der Waals surface area contributed by atoms with E-state index in [1.165, 1.54) is 12.1 Å². The maximum Gasteiger partial charge on any atom is 0.416 e. The van der Waals surface area contributed by atoms with E-state index in [1.807, 2.05) is 0 Å².